The molecule has 0 bridgehead atoms. The molecule has 0 unspecified atom stereocenters. The van der Waals surface area contributed by atoms with Crippen LogP contribution in [0.2, 0.25) is 0 Å². The van der Waals surface area contributed by atoms with E-state index in [1.165, 1.54) is 13.0 Å². The van der Waals surface area contributed by atoms with Crippen LogP contribution >= 0.6 is 0 Å². The SMILES string of the molecule is COC(=O)c1[nH]c([C@@](C)(N)CC(=O)O)nc1-c1ccc(OCc2ccc(-c3ccccc3)cc2)c(C(F)(F)F)c1. The molecule has 11 heteroatoms. The molecule has 4 N–H and O–H groups in total. The van der Waals surface area contributed by atoms with E-state index < -0.39 is 41.4 Å². The Hall–Kier alpha value is -4.64. The summed E-state index contributed by atoms with van der Waals surface area (Å²) in [5.74, 6) is -2.64. The van der Waals surface area contributed by atoms with Crippen molar-refractivity contribution in [1.29, 1.82) is 0 Å². The summed E-state index contributed by atoms with van der Waals surface area (Å²) < 4.78 is 52.6. The Labute approximate surface area is 227 Å². The molecular weight excluding hydrogens is 527 g/mol. The lowest BCUT2D eigenvalue weighted by Gasteiger charge is -2.19. The number of benzene rings is 3. The lowest BCUT2D eigenvalue weighted by atomic mass is 9.99. The van der Waals surface area contributed by atoms with Gasteiger partial charge >= 0.3 is 18.1 Å². The Balaban J connectivity index is 1.65. The lowest BCUT2D eigenvalue weighted by Crippen LogP contribution is -2.36. The third-order valence-electron chi connectivity index (χ3n) is 6.17. The quantitative estimate of drug-likeness (QED) is 0.224. The van der Waals surface area contributed by atoms with Gasteiger partial charge in [-0.25, -0.2) is 9.78 Å². The van der Waals surface area contributed by atoms with Crippen LogP contribution in [0.4, 0.5) is 13.2 Å². The van der Waals surface area contributed by atoms with Crippen LogP contribution in [-0.4, -0.2) is 34.1 Å². The summed E-state index contributed by atoms with van der Waals surface area (Å²) in [7, 11) is 1.09. The van der Waals surface area contributed by atoms with Crippen LogP contribution in [0.3, 0.4) is 0 Å². The van der Waals surface area contributed by atoms with E-state index in [2.05, 4.69) is 9.97 Å². The van der Waals surface area contributed by atoms with Gasteiger partial charge in [-0.05, 0) is 41.8 Å². The van der Waals surface area contributed by atoms with Gasteiger partial charge < -0.3 is 25.3 Å². The molecule has 40 heavy (non-hydrogen) atoms. The highest BCUT2D eigenvalue weighted by atomic mass is 19.4. The van der Waals surface area contributed by atoms with Gasteiger partial charge in [0.15, 0.2) is 5.69 Å². The van der Waals surface area contributed by atoms with Crippen LogP contribution in [0.25, 0.3) is 22.4 Å². The number of carboxylic acid groups (broad SMARTS) is 1. The third kappa shape index (κ3) is 6.32. The van der Waals surface area contributed by atoms with Crippen molar-refractivity contribution < 1.29 is 37.3 Å². The van der Waals surface area contributed by atoms with E-state index in [9.17, 15) is 22.8 Å². The number of carbonyl (C=O) groups excluding carboxylic acids is 1. The van der Waals surface area contributed by atoms with Gasteiger partial charge in [0.25, 0.3) is 0 Å². The molecule has 0 fully saturated rings. The lowest BCUT2D eigenvalue weighted by molar-refractivity contribution is -0.139. The first kappa shape index (κ1) is 28.4. The topological polar surface area (TPSA) is 128 Å². The van der Waals surface area contributed by atoms with E-state index in [0.717, 1.165) is 30.4 Å². The summed E-state index contributed by atoms with van der Waals surface area (Å²) in [5.41, 5.74) is 5.59. The number of carboxylic acids is 1. The largest absolute Gasteiger partial charge is 0.488 e. The van der Waals surface area contributed by atoms with E-state index >= 15 is 0 Å². The second-order valence-corrected chi connectivity index (χ2v) is 9.35. The third-order valence-corrected chi connectivity index (χ3v) is 6.17. The van der Waals surface area contributed by atoms with Crippen molar-refractivity contribution in [2.24, 2.45) is 5.73 Å². The predicted octanol–water partition coefficient (Wildman–Crippen LogP) is 5.78. The molecule has 1 atom stereocenters. The van der Waals surface area contributed by atoms with Crippen molar-refractivity contribution in [3.63, 3.8) is 0 Å². The van der Waals surface area contributed by atoms with Crippen LogP contribution in [0.1, 0.15) is 40.8 Å². The number of imidazole rings is 1. The minimum absolute atomic E-state index is 0.0686. The highest BCUT2D eigenvalue weighted by Crippen LogP contribution is 2.40. The second kappa shape index (κ2) is 11.2. The van der Waals surface area contributed by atoms with E-state index in [1.54, 1.807) is 12.1 Å². The molecule has 4 rings (SSSR count). The first-order valence-electron chi connectivity index (χ1n) is 12.1. The van der Waals surface area contributed by atoms with Crippen molar-refractivity contribution in [3.8, 4) is 28.1 Å². The molecule has 0 amide bonds. The molecule has 3 aromatic carbocycles. The molecule has 0 aliphatic rings. The molecule has 0 saturated heterocycles. The zero-order valence-electron chi connectivity index (χ0n) is 21.6. The van der Waals surface area contributed by atoms with Crippen molar-refractivity contribution in [3.05, 3.63) is 95.4 Å². The summed E-state index contributed by atoms with van der Waals surface area (Å²) in [5, 5.41) is 9.16. The maximum atomic E-state index is 14.1. The zero-order valence-corrected chi connectivity index (χ0v) is 21.6. The van der Waals surface area contributed by atoms with E-state index in [4.69, 9.17) is 20.3 Å². The number of halogens is 3. The van der Waals surface area contributed by atoms with Crippen molar-refractivity contribution >= 4 is 11.9 Å². The van der Waals surface area contributed by atoms with Crippen molar-refractivity contribution in [1.82, 2.24) is 9.97 Å². The molecule has 4 aromatic rings. The maximum absolute atomic E-state index is 14.1. The number of alkyl halides is 3. The molecule has 0 aliphatic carbocycles. The molecule has 208 valence electrons. The van der Waals surface area contributed by atoms with Gasteiger partial charge in [0.2, 0.25) is 0 Å². The fourth-order valence-electron chi connectivity index (χ4n) is 4.11. The first-order chi connectivity index (χ1) is 18.9. The molecule has 0 spiro atoms. The van der Waals surface area contributed by atoms with E-state index in [0.29, 0.717) is 5.56 Å². The van der Waals surface area contributed by atoms with Gasteiger partial charge in [0, 0.05) is 5.56 Å². The number of rotatable bonds is 9. The molecule has 1 aromatic heterocycles. The summed E-state index contributed by atoms with van der Waals surface area (Å²) in [6.07, 6.45) is -5.34. The smallest absolute Gasteiger partial charge is 0.419 e. The molecule has 0 saturated carbocycles. The van der Waals surface area contributed by atoms with Gasteiger partial charge in [0.05, 0.1) is 24.6 Å². The average molecular weight is 554 g/mol. The normalized spacial score (nSPS) is 12.9. The summed E-state index contributed by atoms with van der Waals surface area (Å²) in [4.78, 5) is 30.4. The Morgan fingerprint density at radius 1 is 0.975 bits per heavy atom. The molecule has 0 radical (unpaired) electrons. The van der Waals surface area contributed by atoms with Gasteiger partial charge in [-0.15, -0.1) is 0 Å². The summed E-state index contributed by atoms with van der Waals surface area (Å²) >= 11 is 0. The highest BCUT2D eigenvalue weighted by molar-refractivity contribution is 5.94. The predicted molar refractivity (Wildman–Crippen MR) is 140 cm³/mol. The zero-order chi connectivity index (χ0) is 29.1. The molecule has 1 heterocycles. The Morgan fingerprint density at radius 3 is 2.20 bits per heavy atom. The van der Waals surface area contributed by atoms with Gasteiger partial charge in [-0.1, -0.05) is 54.6 Å². The molecule has 0 aliphatic heterocycles. The standard InChI is InChI=1S/C29H26F3N3O5/c1-28(33,15-23(36)37)27-34-24(25(35-27)26(38)39-2)20-12-13-22(21(14-20)29(30,31)32)40-16-17-8-10-19(11-9-17)18-6-4-3-5-7-18/h3-14H,15-16,33H2,1-2H3,(H,34,35)(H,36,37)/t28-/m0/s1. The number of esters is 1. The Morgan fingerprint density at radius 2 is 1.60 bits per heavy atom. The maximum Gasteiger partial charge on any atom is 0.419 e. The number of methoxy groups -OCH3 is 1. The highest BCUT2D eigenvalue weighted by Gasteiger charge is 2.36. The fraction of sp³-hybridized carbons (Fsp3) is 0.207. The number of aromatic nitrogens is 2. The van der Waals surface area contributed by atoms with Gasteiger partial charge in [-0.2, -0.15) is 13.2 Å². The average Bonchev–Trinajstić information content (AvgIpc) is 3.38. The van der Waals surface area contributed by atoms with Crippen LogP contribution < -0.4 is 10.5 Å². The minimum Gasteiger partial charge on any atom is -0.488 e. The van der Waals surface area contributed by atoms with Crippen LogP contribution in [0, 0.1) is 0 Å². The van der Waals surface area contributed by atoms with Crippen LogP contribution in [0.5, 0.6) is 5.75 Å². The van der Waals surface area contributed by atoms with Gasteiger partial charge in [-0.3, -0.25) is 4.79 Å². The molecular formula is C29H26F3N3O5. The van der Waals surface area contributed by atoms with E-state index in [1.807, 2.05) is 42.5 Å². The number of nitrogens with two attached hydrogens (primary N) is 1. The number of aliphatic carboxylic acids is 1. The second-order valence-electron chi connectivity index (χ2n) is 9.35. The van der Waals surface area contributed by atoms with Crippen LogP contribution in [-0.2, 0) is 27.9 Å². The number of nitrogens with zero attached hydrogens (tertiary/aromatic N) is 1. The number of hydrogen-bond acceptors (Lipinski definition) is 6. The van der Waals surface area contributed by atoms with Crippen molar-refractivity contribution in [2.75, 3.05) is 7.11 Å². The number of H-pyrrole nitrogens is 1. The Bertz CT molecular complexity index is 1510. The summed E-state index contributed by atoms with van der Waals surface area (Å²) in [6, 6.07) is 20.2. The molecule has 8 nitrogen and oxygen atoms in total. The first-order valence-corrected chi connectivity index (χ1v) is 12.1. The fourth-order valence-corrected chi connectivity index (χ4v) is 4.11. The van der Waals surface area contributed by atoms with Gasteiger partial charge in [0.1, 0.15) is 23.9 Å². The number of nitrogens with one attached hydrogen (secondary N) is 1. The Kier molecular flexibility index (Phi) is 7.96. The number of hydrogen-bond donors (Lipinski definition) is 3. The number of ether oxygens (including phenoxy) is 2. The number of aromatic amines is 1. The monoisotopic (exact) mass is 553 g/mol. The number of carbonyl (C=O) groups is 2. The minimum atomic E-state index is -4.79. The van der Waals surface area contributed by atoms with Crippen LogP contribution in [0.15, 0.2) is 72.8 Å². The summed E-state index contributed by atoms with van der Waals surface area (Å²) in [6.45, 7) is 1.26. The van der Waals surface area contributed by atoms with Crippen molar-refractivity contribution in [2.45, 2.75) is 31.7 Å². The van der Waals surface area contributed by atoms with E-state index in [-0.39, 0.29) is 29.4 Å².